The predicted molar refractivity (Wildman–Crippen MR) is 51.0 cm³/mol. The van der Waals surface area contributed by atoms with Gasteiger partial charge in [-0.2, -0.15) is 0 Å². The molecule has 2 aliphatic heterocycles. The van der Waals surface area contributed by atoms with E-state index in [1.165, 1.54) is 25.7 Å². The van der Waals surface area contributed by atoms with E-state index >= 15 is 0 Å². The molecule has 0 aromatic heterocycles. The van der Waals surface area contributed by atoms with Crippen molar-refractivity contribution >= 4 is 38.2 Å². The van der Waals surface area contributed by atoms with Crippen LogP contribution < -0.4 is 0 Å². The molecule has 2 saturated heterocycles. The Morgan fingerprint density at radius 1 is 0.818 bits per heavy atom. The van der Waals surface area contributed by atoms with Crippen LogP contribution in [0.4, 0.5) is 0 Å². The van der Waals surface area contributed by atoms with Gasteiger partial charge in [-0.1, -0.05) is 0 Å². The first-order chi connectivity index (χ1) is 5.27. The quantitative estimate of drug-likeness (QED) is 0.462. The van der Waals surface area contributed by atoms with Crippen molar-refractivity contribution in [3.05, 3.63) is 0 Å². The van der Waals surface area contributed by atoms with Gasteiger partial charge < -0.3 is 0 Å². The van der Waals surface area contributed by atoms with E-state index in [4.69, 9.17) is 23.2 Å². The van der Waals surface area contributed by atoms with Crippen LogP contribution in [0.5, 0.6) is 0 Å². The van der Waals surface area contributed by atoms with Gasteiger partial charge in [0.1, 0.15) is 0 Å². The average Bonchev–Trinajstić information content (AvgIpc) is 2.02. The number of rotatable bonds is 0. The van der Waals surface area contributed by atoms with Gasteiger partial charge in [0.25, 0.3) is 0 Å². The Bertz CT molecular complexity index is 135. The summed E-state index contributed by atoms with van der Waals surface area (Å²) in [6.45, 7) is 0. The van der Waals surface area contributed by atoms with E-state index in [0.717, 1.165) is 24.6 Å². The first-order valence-corrected chi connectivity index (χ1v) is 7.06. The summed E-state index contributed by atoms with van der Waals surface area (Å²) < 4.78 is 0. The molecule has 0 aromatic rings. The zero-order valence-corrected chi connectivity index (χ0v) is 9.53. The summed E-state index contributed by atoms with van der Waals surface area (Å²) in [6.07, 6.45) is 5.00. The van der Waals surface area contributed by atoms with Gasteiger partial charge in [-0.15, -0.1) is 0 Å². The van der Waals surface area contributed by atoms with E-state index in [9.17, 15) is 0 Å². The van der Waals surface area contributed by atoms with Crippen molar-refractivity contribution in [2.24, 2.45) is 0 Å². The van der Waals surface area contributed by atoms with Gasteiger partial charge in [-0.25, -0.2) is 0 Å². The van der Waals surface area contributed by atoms with E-state index in [1.807, 2.05) is 0 Å². The zero-order chi connectivity index (χ0) is 7.84. The molecular weight excluding hydrogens is 246 g/mol. The molecule has 11 heavy (non-hydrogen) atoms. The molecule has 0 spiro atoms. The topological polar surface area (TPSA) is 0 Å². The van der Waals surface area contributed by atoms with Crippen molar-refractivity contribution in [2.45, 2.75) is 46.1 Å². The third kappa shape index (κ3) is 1.72. The van der Waals surface area contributed by atoms with Gasteiger partial charge in [0.2, 0.25) is 0 Å². The molecule has 2 rings (SSSR count). The van der Waals surface area contributed by atoms with Gasteiger partial charge >= 0.3 is 84.2 Å². The van der Waals surface area contributed by atoms with Crippen LogP contribution in [0.2, 0.25) is 9.63 Å². The summed E-state index contributed by atoms with van der Waals surface area (Å²) in [4.78, 5) is 1.69. The van der Waals surface area contributed by atoms with E-state index in [0.29, 0.717) is 10.8 Å². The fourth-order valence-electron chi connectivity index (χ4n) is 1.91. The SMILES string of the molecule is Cl[C@@H]1CC[C@H]2[Se][C@@H]1CC[C@H]2Cl. The average molecular weight is 258 g/mol. The Labute approximate surface area is 84.2 Å². The number of hydrogen-bond acceptors (Lipinski definition) is 0. The van der Waals surface area contributed by atoms with Gasteiger partial charge in [-0.3, -0.25) is 0 Å². The molecule has 2 aliphatic rings. The second kappa shape index (κ2) is 3.46. The number of fused-ring (bicyclic) bond motifs is 2. The van der Waals surface area contributed by atoms with Crippen molar-refractivity contribution in [2.75, 3.05) is 0 Å². The molecule has 2 heterocycles. The summed E-state index contributed by atoms with van der Waals surface area (Å²) in [5.74, 6) is 0. The predicted octanol–water partition coefficient (Wildman–Crippen LogP) is 3.07. The summed E-state index contributed by atoms with van der Waals surface area (Å²) >= 11 is 13.1. The molecule has 2 fully saturated rings. The van der Waals surface area contributed by atoms with Crippen LogP contribution in [0.1, 0.15) is 25.7 Å². The van der Waals surface area contributed by atoms with Crippen LogP contribution in [0.15, 0.2) is 0 Å². The van der Waals surface area contributed by atoms with Gasteiger partial charge in [-0.05, 0) is 0 Å². The standard InChI is InChI=1S/C8H12Cl2Se/c9-5-1-3-7-6(10)2-4-8(5)11-7/h5-8H,1-4H2/t5-,6-,7-,8-/m1/s1. The molecule has 0 saturated carbocycles. The second-order valence-corrected chi connectivity index (χ2v) is 7.63. The monoisotopic (exact) mass is 258 g/mol. The van der Waals surface area contributed by atoms with Crippen LogP contribution in [0, 0.1) is 0 Å². The molecule has 0 aromatic carbocycles. The zero-order valence-electron chi connectivity index (χ0n) is 6.30. The van der Waals surface area contributed by atoms with Gasteiger partial charge in [0.05, 0.1) is 0 Å². The maximum atomic E-state index is 6.20. The normalized spacial score (nSPS) is 50.7. The molecular formula is C8H12Cl2Se. The Balaban J connectivity index is 2.02. The summed E-state index contributed by atoms with van der Waals surface area (Å²) in [5.41, 5.74) is 0. The van der Waals surface area contributed by atoms with Crippen molar-refractivity contribution in [1.82, 2.24) is 0 Å². The minimum atomic E-state index is 0.482. The Morgan fingerprint density at radius 3 is 1.73 bits per heavy atom. The van der Waals surface area contributed by atoms with Crippen LogP contribution in [-0.4, -0.2) is 25.7 Å². The molecule has 0 unspecified atom stereocenters. The Hall–Kier alpha value is 1.10. The summed E-state index contributed by atoms with van der Waals surface area (Å²) in [7, 11) is 0. The van der Waals surface area contributed by atoms with E-state index in [1.54, 1.807) is 0 Å². The Morgan fingerprint density at radius 2 is 1.27 bits per heavy atom. The Kier molecular flexibility index (Phi) is 2.73. The number of hydrogen-bond donors (Lipinski definition) is 0. The third-order valence-corrected chi connectivity index (χ3v) is 8.17. The van der Waals surface area contributed by atoms with Crippen molar-refractivity contribution in [1.29, 1.82) is 0 Å². The second-order valence-electron chi connectivity index (χ2n) is 3.40. The van der Waals surface area contributed by atoms with Crippen LogP contribution in [-0.2, 0) is 0 Å². The van der Waals surface area contributed by atoms with Gasteiger partial charge in [0, 0.05) is 0 Å². The molecule has 0 aliphatic carbocycles. The maximum absolute atomic E-state index is 6.20. The first-order valence-electron chi connectivity index (χ1n) is 4.21. The van der Waals surface area contributed by atoms with E-state index in [-0.39, 0.29) is 0 Å². The van der Waals surface area contributed by atoms with Crippen molar-refractivity contribution in [3.8, 4) is 0 Å². The fourth-order valence-corrected chi connectivity index (χ4v) is 6.40. The van der Waals surface area contributed by atoms with Crippen molar-refractivity contribution < 1.29 is 0 Å². The van der Waals surface area contributed by atoms with Crippen LogP contribution in [0.3, 0.4) is 0 Å². The number of alkyl halides is 2. The van der Waals surface area contributed by atoms with E-state index in [2.05, 4.69) is 0 Å². The van der Waals surface area contributed by atoms with Gasteiger partial charge in [0.15, 0.2) is 0 Å². The molecule has 4 atom stereocenters. The summed E-state index contributed by atoms with van der Waals surface area (Å²) in [6, 6.07) is 0. The number of halogens is 2. The minimum absolute atomic E-state index is 0.482. The molecule has 0 nitrogen and oxygen atoms in total. The molecule has 0 amide bonds. The first kappa shape index (κ1) is 8.69. The molecule has 2 bridgehead atoms. The van der Waals surface area contributed by atoms with E-state index < -0.39 is 0 Å². The molecule has 64 valence electrons. The fraction of sp³-hybridized carbons (Fsp3) is 1.00. The molecule has 3 heteroatoms. The molecule has 0 N–H and O–H groups in total. The van der Waals surface area contributed by atoms with Crippen molar-refractivity contribution in [3.63, 3.8) is 0 Å². The molecule has 0 radical (unpaired) electrons. The summed E-state index contributed by atoms with van der Waals surface area (Å²) in [5, 5.41) is 0.964. The van der Waals surface area contributed by atoms with Crippen LogP contribution >= 0.6 is 23.2 Å². The third-order valence-electron chi connectivity index (χ3n) is 2.61. The van der Waals surface area contributed by atoms with Crippen LogP contribution in [0.25, 0.3) is 0 Å².